The van der Waals surface area contributed by atoms with Gasteiger partial charge >= 0.3 is 0 Å². The second kappa shape index (κ2) is 10.4. The highest BCUT2D eigenvalue weighted by Gasteiger charge is 2.45. The Kier molecular flexibility index (Phi) is 7.25. The molecule has 5 rings (SSSR count). The molecule has 2 aromatic rings. The van der Waals surface area contributed by atoms with Crippen LogP contribution in [0.1, 0.15) is 61.1 Å². The number of piperazine rings is 1. The zero-order valence-corrected chi connectivity index (χ0v) is 22.6. The highest BCUT2D eigenvalue weighted by molar-refractivity contribution is 5.97. The number of nitrogens with zero attached hydrogens (tertiary/aromatic N) is 5. The first-order valence-corrected chi connectivity index (χ1v) is 13.7. The number of amides is 2. The van der Waals surface area contributed by atoms with Crippen molar-refractivity contribution in [3.63, 3.8) is 0 Å². The van der Waals surface area contributed by atoms with Crippen LogP contribution in [-0.4, -0.2) is 85.6 Å². The molecule has 0 bridgehead atoms. The van der Waals surface area contributed by atoms with E-state index in [1.54, 1.807) is 17.9 Å². The van der Waals surface area contributed by atoms with Crippen LogP contribution in [0, 0.1) is 18.8 Å². The Morgan fingerprint density at radius 2 is 1.85 bits per heavy atom. The Hall–Kier alpha value is -3.28. The number of hydrogen-bond acceptors (Lipinski definition) is 6. The Morgan fingerprint density at radius 3 is 2.44 bits per heavy atom. The smallest absolute Gasteiger partial charge is 0.291 e. The van der Waals surface area contributed by atoms with Crippen LogP contribution >= 0.6 is 0 Å². The largest absolute Gasteiger partial charge is 0.494 e. The normalized spacial score (nSPS) is 20.2. The molecule has 2 N–H and O–H groups in total. The average Bonchev–Trinajstić information content (AvgIpc) is 3.59. The number of rotatable bonds is 8. The van der Waals surface area contributed by atoms with Crippen LogP contribution < -0.4 is 10.9 Å². The number of halogens is 2. The summed E-state index contributed by atoms with van der Waals surface area (Å²) in [5, 5.41) is 18.2. The summed E-state index contributed by atoms with van der Waals surface area (Å²) in [7, 11) is 0. The molecular formula is C27H36F2N6O4. The first-order valence-electron chi connectivity index (χ1n) is 13.7. The zero-order chi connectivity index (χ0) is 28.1. The molecule has 1 aliphatic heterocycles. The Balaban J connectivity index is 1.35. The highest BCUT2D eigenvalue weighted by Crippen LogP contribution is 2.42. The van der Waals surface area contributed by atoms with Gasteiger partial charge in [-0.1, -0.05) is 13.8 Å². The minimum Gasteiger partial charge on any atom is -0.494 e. The summed E-state index contributed by atoms with van der Waals surface area (Å²) in [6.45, 7) is 8.83. The maximum absolute atomic E-state index is 13.3. The Labute approximate surface area is 225 Å². The van der Waals surface area contributed by atoms with Gasteiger partial charge in [-0.3, -0.25) is 23.9 Å². The fourth-order valence-electron chi connectivity index (χ4n) is 5.47. The summed E-state index contributed by atoms with van der Waals surface area (Å²) in [6.07, 6.45) is 4.60. The van der Waals surface area contributed by atoms with Gasteiger partial charge in [-0.15, -0.1) is 0 Å². The summed E-state index contributed by atoms with van der Waals surface area (Å²) in [5.74, 6) is -3.67. The quantitative estimate of drug-likeness (QED) is 0.492. The molecule has 0 atom stereocenters. The molecule has 212 valence electrons. The van der Waals surface area contributed by atoms with Crippen molar-refractivity contribution in [1.29, 1.82) is 0 Å². The summed E-state index contributed by atoms with van der Waals surface area (Å²) in [4.78, 5) is 42.9. The predicted octanol–water partition coefficient (Wildman–Crippen LogP) is 2.26. The molecule has 2 amide bonds. The summed E-state index contributed by atoms with van der Waals surface area (Å²) < 4.78 is 28.9. The van der Waals surface area contributed by atoms with E-state index in [4.69, 9.17) is 0 Å². The Morgan fingerprint density at radius 1 is 1.18 bits per heavy atom. The molecule has 2 aliphatic carbocycles. The number of hydrogen-bond donors (Lipinski definition) is 2. The van der Waals surface area contributed by atoms with Gasteiger partial charge in [-0.05, 0) is 37.7 Å². The fourth-order valence-corrected chi connectivity index (χ4v) is 5.47. The van der Waals surface area contributed by atoms with Crippen LogP contribution in [0.5, 0.6) is 5.88 Å². The van der Waals surface area contributed by atoms with E-state index in [1.165, 1.54) is 10.6 Å². The minimum atomic E-state index is -2.52. The van der Waals surface area contributed by atoms with Gasteiger partial charge in [0.15, 0.2) is 5.56 Å². The van der Waals surface area contributed by atoms with Gasteiger partial charge in [0.2, 0.25) is 17.7 Å². The molecule has 0 radical (unpaired) electrons. The van der Waals surface area contributed by atoms with Crippen molar-refractivity contribution in [2.45, 2.75) is 65.0 Å². The third-order valence-corrected chi connectivity index (χ3v) is 7.68. The zero-order valence-electron chi connectivity index (χ0n) is 22.6. The van der Waals surface area contributed by atoms with E-state index in [-0.39, 0.29) is 42.2 Å². The molecular weight excluding hydrogens is 510 g/mol. The number of carbonyl (C=O) groups excluding carboxylic acids is 2. The second-order valence-corrected chi connectivity index (χ2v) is 11.6. The van der Waals surface area contributed by atoms with Gasteiger partial charge < -0.3 is 15.3 Å². The van der Waals surface area contributed by atoms with Gasteiger partial charge in [0, 0.05) is 69.8 Å². The molecule has 0 unspecified atom stereocenters. The molecule has 3 heterocycles. The molecule has 10 nitrogen and oxygen atoms in total. The van der Waals surface area contributed by atoms with Gasteiger partial charge in [-0.2, -0.15) is 9.61 Å². The molecule has 3 fully saturated rings. The molecule has 2 aromatic heterocycles. The van der Waals surface area contributed by atoms with Gasteiger partial charge in [0.1, 0.15) is 5.65 Å². The van der Waals surface area contributed by atoms with Crippen LogP contribution in [0.4, 0.5) is 8.78 Å². The van der Waals surface area contributed by atoms with Crippen LogP contribution in [0.3, 0.4) is 0 Å². The van der Waals surface area contributed by atoms with Crippen LogP contribution in [0.2, 0.25) is 0 Å². The maximum Gasteiger partial charge on any atom is 0.291 e. The average molecular weight is 547 g/mol. The minimum absolute atomic E-state index is 0.0132. The van der Waals surface area contributed by atoms with E-state index >= 15 is 0 Å². The van der Waals surface area contributed by atoms with E-state index in [2.05, 4.69) is 15.3 Å². The van der Waals surface area contributed by atoms with Crippen molar-refractivity contribution in [2.24, 2.45) is 11.8 Å². The molecule has 1 saturated heterocycles. The summed E-state index contributed by atoms with van der Waals surface area (Å²) in [6, 6.07) is 0.0132. The standard InChI is InChI=1S/C27H36F2N6O4/c1-16(2)14-34-24-20(17(3)31-35(24)26(39)22(25(34)38)23(37)30-19-4-5-19)6-7-21(36)33-10-8-32(9-11-33)15-18-12-27(28,29)13-18/h6-7,16,18-19,38H,4-5,8-15H2,1-3H3,(H,30,37). The van der Waals surface area contributed by atoms with Crippen molar-refractivity contribution in [2.75, 3.05) is 32.7 Å². The topological polar surface area (TPSA) is 112 Å². The van der Waals surface area contributed by atoms with Crippen LogP contribution in [-0.2, 0) is 11.3 Å². The lowest BCUT2D eigenvalue weighted by atomic mass is 9.81. The monoisotopic (exact) mass is 546 g/mol. The SMILES string of the molecule is Cc1nn2c(=O)c(C(=O)NC3CC3)c(O)n(CC(C)C)c2c1C=CC(=O)N1CCN(CC2CC(F)(F)C2)CC1. The van der Waals surface area contributed by atoms with Crippen molar-refractivity contribution in [3.05, 3.63) is 33.3 Å². The van der Waals surface area contributed by atoms with Crippen molar-refractivity contribution in [1.82, 2.24) is 29.3 Å². The van der Waals surface area contributed by atoms with Crippen LogP contribution in [0.15, 0.2) is 10.9 Å². The van der Waals surface area contributed by atoms with E-state index in [9.17, 15) is 28.3 Å². The molecule has 3 aliphatic rings. The van der Waals surface area contributed by atoms with Gasteiger partial charge in [-0.25, -0.2) is 8.78 Å². The van der Waals surface area contributed by atoms with E-state index < -0.39 is 23.3 Å². The van der Waals surface area contributed by atoms with E-state index in [1.807, 2.05) is 13.8 Å². The molecule has 2 saturated carbocycles. The molecule has 0 spiro atoms. The van der Waals surface area contributed by atoms with Crippen LogP contribution in [0.25, 0.3) is 11.7 Å². The number of fused-ring (bicyclic) bond motifs is 1. The van der Waals surface area contributed by atoms with Gasteiger partial charge in [0.25, 0.3) is 11.5 Å². The molecule has 12 heteroatoms. The maximum atomic E-state index is 13.3. The number of aryl methyl sites for hydroxylation is 1. The first-order chi connectivity index (χ1) is 18.4. The first kappa shape index (κ1) is 27.3. The van der Waals surface area contributed by atoms with E-state index in [0.29, 0.717) is 56.2 Å². The van der Waals surface area contributed by atoms with Crippen molar-refractivity contribution < 1.29 is 23.5 Å². The molecule has 39 heavy (non-hydrogen) atoms. The van der Waals surface area contributed by atoms with E-state index in [0.717, 1.165) is 17.4 Å². The van der Waals surface area contributed by atoms with Crippen molar-refractivity contribution >= 4 is 23.5 Å². The fraction of sp³-hybridized carbons (Fsp3) is 0.630. The Bertz CT molecular complexity index is 1360. The third-order valence-electron chi connectivity index (χ3n) is 7.68. The molecule has 0 aromatic carbocycles. The van der Waals surface area contributed by atoms with Crippen molar-refractivity contribution in [3.8, 4) is 5.88 Å². The second-order valence-electron chi connectivity index (χ2n) is 11.6. The predicted molar refractivity (Wildman–Crippen MR) is 141 cm³/mol. The number of aromatic hydroxyl groups is 1. The number of carbonyl (C=O) groups is 2. The number of nitrogens with one attached hydrogen (secondary N) is 1. The van der Waals surface area contributed by atoms with Gasteiger partial charge in [0.05, 0.1) is 5.69 Å². The summed E-state index contributed by atoms with van der Waals surface area (Å²) >= 11 is 0. The lowest BCUT2D eigenvalue weighted by Gasteiger charge is -2.41. The highest BCUT2D eigenvalue weighted by atomic mass is 19.3. The lowest BCUT2D eigenvalue weighted by Crippen LogP contribution is -2.51. The lowest BCUT2D eigenvalue weighted by molar-refractivity contribution is -0.129. The number of aromatic nitrogens is 3. The third kappa shape index (κ3) is 5.70. The summed E-state index contributed by atoms with van der Waals surface area (Å²) in [5.41, 5.74) is 0.255. The number of alkyl halides is 2.